The summed E-state index contributed by atoms with van der Waals surface area (Å²) in [5.41, 5.74) is 2.69. The van der Waals surface area contributed by atoms with Crippen molar-refractivity contribution in [1.29, 1.82) is 0 Å². The first-order valence-electron chi connectivity index (χ1n) is 5.95. The van der Waals surface area contributed by atoms with Gasteiger partial charge in [0.05, 0.1) is 0 Å². The van der Waals surface area contributed by atoms with Crippen molar-refractivity contribution >= 4 is 11.5 Å². The van der Waals surface area contributed by atoms with Gasteiger partial charge in [0.25, 0.3) is 0 Å². The van der Waals surface area contributed by atoms with Crippen LogP contribution in [0, 0.1) is 0 Å². The molecule has 0 aromatic heterocycles. The quantitative estimate of drug-likeness (QED) is 0.776. The van der Waals surface area contributed by atoms with E-state index < -0.39 is 0 Å². The van der Waals surface area contributed by atoms with Crippen LogP contribution < -0.4 is 4.90 Å². The van der Waals surface area contributed by atoms with Crippen molar-refractivity contribution in [2.24, 2.45) is 0 Å². The number of carbonyl (C=O) groups excluding carboxylic acids is 1. The summed E-state index contributed by atoms with van der Waals surface area (Å²) < 4.78 is 0. The third-order valence-corrected chi connectivity index (χ3v) is 3.20. The molecule has 0 N–H and O–H groups in total. The van der Waals surface area contributed by atoms with Crippen LogP contribution in [-0.2, 0) is 11.2 Å². The number of nitrogens with zero attached hydrogens (tertiary/aromatic N) is 1. The van der Waals surface area contributed by atoms with E-state index in [4.69, 9.17) is 0 Å². The average Bonchev–Trinajstić information content (AvgIpc) is 2.53. The van der Waals surface area contributed by atoms with Gasteiger partial charge in [-0.3, -0.25) is 4.79 Å². The van der Waals surface area contributed by atoms with Crippen LogP contribution in [0.5, 0.6) is 0 Å². The molecule has 0 bridgehead atoms. The summed E-state index contributed by atoms with van der Waals surface area (Å²) in [6.45, 7) is 6.06. The van der Waals surface area contributed by atoms with Gasteiger partial charge in [-0.1, -0.05) is 18.2 Å². The smallest absolute Gasteiger partial charge is 0.131 e. The van der Waals surface area contributed by atoms with Crippen LogP contribution in [0.2, 0.25) is 0 Å². The Morgan fingerprint density at radius 3 is 2.75 bits per heavy atom. The van der Waals surface area contributed by atoms with Crippen molar-refractivity contribution in [2.75, 3.05) is 4.90 Å². The molecule has 1 aliphatic heterocycles. The Morgan fingerprint density at radius 2 is 2.12 bits per heavy atom. The van der Waals surface area contributed by atoms with Crippen molar-refractivity contribution in [3.63, 3.8) is 0 Å². The molecular formula is C14H19NO. The summed E-state index contributed by atoms with van der Waals surface area (Å²) in [7, 11) is 0. The number of carbonyl (C=O) groups is 1. The Labute approximate surface area is 97.3 Å². The SMILES string of the molecule is CC(=O)CC1Cc2ccccc2N1C(C)C. The summed E-state index contributed by atoms with van der Waals surface area (Å²) in [4.78, 5) is 13.7. The number of hydrogen-bond donors (Lipinski definition) is 0. The first-order valence-corrected chi connectivity index (χ1v) is 5.95. The van der Waals surface area contributed by atoms with E-state index in [1.807, 2.05) is 0 Å². The fourth-order valence-corrected chi connectivity index (χ4v) is 2.69. The predicted molar refractivity (Wildman–Crippen MR) is 66.8 cm³/mol. The molecule has 1 aliphatic rings. The number of benzene rings is 1. The zero-order valence-corrected chi connectivity index (χ0v) is 10.2. The summed E-state index contributed by atoms with van der Waals surface area (Å²) in [6, 6.07) is 9.29. The fraction of sp³-hybridized carbons (Fsp3) is 0.500. The van der Waals surface area contributed by atoms with Crippen LogP contribution in [0.25, 0.3) is 0 Å². The maximum Gasteiger partial charge on any atom is 0.131 e. The van der Waals surface area contributed by atoms with E-state index in [1.165, 1.54) is 11.3 Å². The van der Waals surface area contributed by atoms with E-state index in [9.17, 15) is 4.79 Å². The standard InChI is InChI=1S/C14H19NO/c1-10(2)15-13(8-11(3)16)9-12-6-4-5-7-14(12)15/h4-7,10,13H,8-9H2,1-3H3. The number of ketones is 1. The van der Waals surface area contributed by atoms with Crippen molar-refractivity contribution in [3.05, 3.63) is 29.8 Å². The van der Waals surface area contributed by atoms with Crippen molar-refractivity contribution < 1.29 is 4.79 Å². The number of para-hydroxylation sites is 1. The van der Waals surface area contributed by atoms with Gasteiger partial charge >= 0.3 is 0 Å². The molecule has 1 unspecified atom stereocenters. The van der Waals surface area contributed by atoms with E-state index in [-0.39, 0.29) is 5.78 Å². The minimum Gasteiger partial charge on any atom is -0.365 e. The fourth-order valence-electron chi connectivity index (χ4n) is 2.69. The largest absolute Gasteiger partial charge is 0.365 e. The molecule has 1 atom stereocenters. The van der Waals surface area contributed by atoms with Gasteiger partial charge in [0.15, 0.2) is 0 Å². The highest BCUT2D eigenvalue weighted by Crippen LogP contribution is 2.34. The average molecular weight is 217 g/mol. The van der Waals surface area contributed by atoms with Crippen LogP contribution in [0.1, 0.15) is 32.8 Å². The van der Waals surface area contributed by atoms with Gasteiger partial charge in [-0.2, -0.15) is 0 Å². The van der Waals surface area contributed by atoms with Gasteiger partial charge in [-0.25, -0.2) is 0 Å². The Kier molecular flexibility index (Phi) is 2.99. The number of hydrogen-bond acceptors (Lipinski definition) is 2. The zero-order valence-electron chi connectivity index (χ0n) is 10.2. The van der Waals surface area contributed by atoms with E-state index in [0.29, 0.717) is 18.5 Å². The first-order chi connectivity index (χ1) is 7.59. The lowest BCUT2D eigenvalue weighted by Gasteiger charge is -2.31. The van der Waals surface area contributed by atoms with E-state index in [0.717, 1.165) is 6.42 Å². The van der Waals surface area contributed by atoms with Gasteiger partial charge in [0.2, 0.25) is 0 Å². The molecule has 2 heteroatoms. The van der Waals surface area contributed by atoms with Crippen LogP contribution in [0.4, 0.5) is 5.69 Å². The number of anilines is 1. The molecule has 86 valence electrons. The van der Waals surface area contributed by atoms with Crippen molar-refractivity contribution in [1.82, 2.24) is 0 Å². The van der Waals surface area contributed by atoms with Crippen LogP contribution in [0.3, 0.4) is 0 Å². The third-order valence-electron chi connectivity index (χ3n) is 3.20. The second-order valence-electron chi connectivity index (χ2n) is 4.89. The number of rotatable bonds is 3. The monoisotopic (exact) mass is 217 g/mol. The van der Waals surface area contributed by atoms with Crippen molar-refractivity contribution in [2.45, 2.75) is 45.7 Å². The summed E-state index contributed by atoms with van der Waals surface area (Å²) >= 11 is 0. The minimum absolute atomic E-state index is 0.281. The van der Waals surface area contributed by atoms with Gasteiger partial charge in [-0.05, 0) is 38.8 Å². The minimum atomic E-state index is 0.281. The molecule has 1 aromatic rings. The molecule has 2 nitrogen and oxygen atoms in total. The molecule has 0 radical (unpaired) electrons. The van der Waals surface area contributed by atoms with E-state index in [1.54, 1.807) is 6.92 Å². The van der Waals surface area contributed by atoms with Crippen molar-refractivity contribution in [3.8, 4) is 0 Å². The van der Waals surface area contributed by atoms with Crippen LogP contribution in [-0.4, -0.2) is 17.9 Å². The molecule has 1 heterocycles. The first kappa shape index (κ1) is 11.2. The van der Waals surface area contributed by atoms with Gasteiger partial charge in [0.1, 0.15) is 5.78 Å². The Balaban J connectivity index is 2.30. The molecule has 0 amide bonds. The highest BCUT2D eigenvalue weighted by molar-refractivity contribution is 5.77. The lowest BCUT2D eigenvalue weighted by molar-refractivity contribution is -0.117. The maximum atomic E-state index is 11.3. The van der Waals surface area contributed by atoms with Gasteiger partial charge < -0.3 is 4.90 Å². The lowest BCUT2D eigenvalue weighted by Crippen LogP contribution is -2.38. The third kappa shape index (κ3) is 1.97. The summed E-state index contributed by atoms with van der Waals surface area (Å²) in [6.07, 6.45) is 1.67. The second-order valence-corrected chi connectivity index (χ2v) is 4.89. The van der Waals surface area contributed by atoms with E-state index in [2.05, 4.69) is 43.0 Å². The highest BCUT2D eigenvalue weighted by atomic mass is 16.1. The highest BCUT2D eigenvalue weighted by Gasteiger charge is 2.31. The molecule has 1 aromatic carbocycles. The van der Waals surface area contributed by atoms with Gasteiger partial charge in [-0.15, -0.1) is 0 Å². The zero-order chi connectivity index (χ0) is 11.7. The summed E-state index contributed by atoms with van der Waals surface area (Å²) in [5.74, 6) is 0.281. The number of fused-ring (bicyclic) bond motifs is 1. The molecule has 0 fully saturated rings. The topological polar surface area (TPSA) is 20.3 Å². The molecule has 0 saturated heterocycles. The molecule has 0 spiro atoms. The van der Waals surface area contributed by atoms with Gasteiger partial charge in [0, 0.05) is 24.2 Å². The normalized spacial score (nSPS) is 19.0. The predicted octanol–water partition coefficient (Wildman–Crippen LogP) is 2.81. The maximum absolute atomic E-state index is 11.3. The molecule has 2 rings (SSSR count). The van der Waals surface area contributed by atoms with Crippen LogP contribution in [0.15, 0.2) is 24.3 Å². The Bertz CT molecular complexity index is 397. The van der Waals surface area contributed by atoms with Crippen LogP contribution >= 0.6 is 0 Å². The Hall–Kier alpha value is -1.31. The molecule has 16 heavy (non-hydrogen) atoms. The second kappa shape index (κ2) is 4.28. The summed E-state index contributed by atoms with van der Waals surface area (Å²) in [5, 5.41) is 0. The lowest BCUT2D eigenvalue weighted by atomic mass is 10.1. The Morgan fingerprint density at radius 1 is 1.44 bits per heavy atom. The number of Topliss-reactive ketones (excluding diaryl/α,β-unsaturated/α-hetero) is 1. The molecule has 0 saturated carbocycles. The molecular weight excluding hydrogens is 198 g/mol. The molecule has 0 aliphatic carbocycles. The van der Waals surface area contributed by atoms with E-state index >= 15 is 0 Å².